The molecule has 204 valence electrons. The van der Waals surface area contributed by atoms with E-state index in [1.165, 1.54) is 20.3 Å². The summed E-state index contributed by atoms with van der Waals surface area (Å²) in [4.78, 5) is 18.3. The molecule has 4 aromatic rings. The number of halogens is 2. The van der Waals surface area contributed by atoms with E-state index in [2.05, 4.69) is 10.4 Å². The monoisotopic (exact) mass is 556 g/mol. The molecule has 0 bridgehead atoms. The molecular formula is C27H26F2N4O5S. The highest BCUT2D eigenvalue weighted by molar-refractivity contribution is 7.91. The fraction of sp³-hybridized carbons (Fsp3) is 0.296. The fourth-order valence-electron chi connectivity index (χ4n) is 4.82. The number of sulfone groups is 1. The molecule has 3 heterocycles. The van der Waals surface area contributed by atoms with Gasteiger partial charge in [0.15, 0.2) is 27.0 Å². The van der Waals surface area contributed by atoms with E-state index in [0.29, 0.717) is 45.9 Å². The molecule has 0 aliphatic carbocycles. The van der Waals surface area contributed by atoms with Crippen LogP contribution >= 0.6 is 0 Å². The number of carbonyl (C=O) groups excluding carboxylic acids is 1. The van der Waals surface area contributed by atoms with E-state index in [-0.39, 0.29) is 29.2 Å². The van der Waals surface area contributed by atoms with Gasteiger partial charge in [-0.3, -0.25) is 4.79 Å². The van der Waals surface area contributed by atoms with Crippen molar-refractivity contribution >= 4 is 26.8 Å². The molecule has 9 nitrogen and oxygen atoms in total. The molecule has 12 heteroatoms. The molecule has 0 saturated carbocycles. The van der Waals surface area contributed by atoms with E-state index < -0.39 is 33.4 Å². The summed E-state index contributed by atoms with van der Waals surface area (Å²) in [6.07, 6.45) is 0.370. The number of nitrogens with one attached hydrogen (secondary N) is 1. The lowest BCUT2D eigenvalue weighted by Gasteiger charge is -2.14. The molecule has 1 fully saturated rings. The van der Waals surface area contributed by atoms with Crippen LogP contribution < -0.4 is 14.8 Å². The van der Waals surface area contributed by atoms with Crippen LogP contribution in [0.2, 0.25) is 0 Å². The molecule has 1 atom stereocenters. The van der Waals surface area contributed by atoms with Crippen LogP contribution in [-0.2, 0) is 16.4 Å². The second kappa shape index (κ2) is 10.3. The highest BCUT2D eigenvalue weighted by Crippen LogP contribution is 2.35. The van der Waals surface area contributed by atoms with Crippen LogP contribution in [0.5, 0.6) is 11.5 Å². The highest BCUT2D eigenvalue weighted by Gasteiger charge is 2.32. The van der Waals surface area contributed by atoms with Gasteiger partial charge < -0.3 is 14.8 Å². The number of ether oxygens (including phenoxy) is 2. The lowest BCUT2D eigenvalue weighted by molar-refractivity contribution is 0.0951. The Hall–Kier alpha value is -4.06. The number of fused-ring (bicyclic) bond motifs is 1. The number of nitrogens with zero attached hydrogens (tertiary/aromatic N) is 3. The molecule has 2 aromatic carbocycles. The number of aromatic nitrogens is 3. The Morgan fingerprint density at radius 2 is 1.82 bits per heavy atom. The smallest absolute Gasteiger partial charge is 0.252 e. The predicted molar refractivity (Wildman–Crippen MR) is 141 cm³/mol. The lowest BCUT2D eigenvalue weighted by Crippen LogP contribution is -2.24. The summed E-state index contributed by atoms with van der Waals surface area (Å²) >= 11 is 0. The highest BCUT2D eigenvalue weighted by atomic mass is 32.2. The summed E-state index contributed by atoms with van der Waals surface area (Å²) in [5.74, 6) is -1.23. The van der Waals surface area contributed by atoms with Crippen molar-refractivity contribution in [3.63, 3.8) is 0 Å². The summed E-state index contributed by atoms with van der Waals surface area (Å²) in [5.41, 5.74) is 1.74. The van der Waals surface area contributed by atoms with Gasteiger partial charge in [-0.1, -0.05) is 6.07 Å². The molecular weight excluding hydrogens is 530 g/mol. The maximum absolute atomic E-state index is 14.2. The first kappa shape index (κ1) is 26.5. The molecule has 39 heavy (non-hydrogen) atoms. The first-order valence-corrected chi connectivity index (χ1v) is 14.0. The Bertz CT molecular complexity index is 1680. The minimum Gasteiger partial charge on any atom is -0.493 e. The zero-order valence-corrected chi connectivity index (χ0v) is 22.3. The van der Waals surface area contributed by atoms with E-state index in [4.69, 9.17) is 14.5 Å². The van der Waals surface area contributed by atoms with Gasteiger partial charge in [0.2, 0.25) is 0 Å². The fourth-order valence-corrected chi connectivity index (χ4v) is 6.52. The number of carbonyl (C=O) groups is 1. The number of hydrogen-bond donors (Lipinski definition) is 1. The number of hydrogen-bond acceptors (Lipinski definition) is 7. The summed E-state index contributed by atoms with van der Waals surface area (Å²) < 4.78 is 65.1. The van der Waals surface area contributed by atoms with E-state index in [1.807, 2.05) is 0 Å². The van der Waals surface area contributed by atoms with Gasteiger partial charge in [0.05, 0.1) is 54.1 Å². The van der Waals surface area contributed by atoms with Gasteiger partial charge in [0, 0.05) is 17.7 Å². The van der Waals surface area contributed by atoms with Crippen molar-refractivity contribution in [2.45, 2.75) is 25.9 Å². The summed E-state index contributed by atoms with van der Waals surface area (Å²) in [6, 6.07) is 9.77. The van der Waals surface area contributed by atoms with E-state index >= 15 is 0 Å². The molecule has 1 N–H and O–H groups in total. The SMILES string of the molecule is COc1ccc(-c2cc(C(=O)NCc3c(F)cccc3F)c3c(C)nn(C4CCS(=O)(=O)C4)c3n2)cc1OC. The lowest BCUT2D eigenvalue weighted by atomic mass is 10.0. The number of methoxy groups -OCH3 is 2. The van der Waals surface area contributed by atoms with Crippen LogP contribution in [0.15, 0.2) is 42.5 Å². The van der Waals surface area contributed by atoms with Gasteiger partial charge in [-0.05, 0) is 49.7 Å². The average Bonchev–Trinajstić information content (AvgIpc) is 3.45. The number of pyridine rings is 1. The van der Waals surface area contributed by atoms with Gasteiger partial charge >= 0.3 is 0 Å². The average molecular weight is 557 g/mol. The largest absolute Gasteiger partial charge is 0.493 e. The Labute approximate surface area is 223 Å². The van der Waals surface area contributed by atoms with Gasteiger partial charge in [-0.25, -0.2) is 26.9 Å². The number of amides is 1. The maximum atomic E-state index is 14.2. The van der Waals surface area contributed by atoms with Crippen molar-refractivity contribution < 1.29 is 31.5 Å². The van der Waals surface area contributed by atoms with Crippen molar-refractivity contribution in [2.24, 2.45) is 0 Å². The van der Waals surface area contributed by atoms with Gasteiger partial charge in [0.25, 0.3) is 5.91 Å². The van der Waals surface area contributed by atoms with Crippen LogP contribution in [0.1, 0.15) is 34.1 Å². The Morgan fingerprint density at radius 1 is 1.10 bits per heavy atom. The van der Waals surface area contributed by atoms with Crippen LogP contribution in [0.25, 0.3) is 22.3 Å². The molecule has 1 aliphatic rings. The number of benzene rings is 2. The van der Waals surface area contributed by atoms with E-state index in [9.17, 15) is 22.0 Å². The Morgan fingerprint density at radius 3 is 2.46 bits per heavy atom. The van der Waals surface area contributed by atoms with Crippen molar-refractivity contribution in [3.05, 3.63) is 70.9 Å². The van der Waals surface area contributed by atoms with Gasteiger partial charge in [-0.2, -0.15) is 5.10 Å². The predicted octanol–water partition coefficient (Wildman–Crippen LogP) is 3.99. The first-order valence-electron chi connectivity index (χ1n) is 12.2. The molecule has 0 radical (unpaired) electrons. The summed E-state index contributed by atoms with van der Waals surface area (Å²) in [6.45, 7) is 1.33. The summed E-state index contributed by atoms with van der Waals surface area (Å²) in [7, 11) is -0.214. The second-order valence-electron chi connectivity index (χ2n) is 9.29. The zero-order chi connectivity index (χ0) is 27.9. The minimum absolute atomic E-state index is 0.0367. The first-order chi connectivity index (χ1) is 18.6. The molecule has 5 rings (SSSR count). The van der Waals surface area contributed by atoms with Crippen LogP contribution in [0.3, 0.4) is 0 Å². The van der Waals surface area contributed by atoms with Crippen LogP contribution in [-0.4, -0.2) is 54.8 Å². The second-order valence-corrected chi connectivity index (χ2v) is 11.5. The summed E-state index contributed by atoms with van der Waals surface area (Å²) in [5, 5.41) is 7.60. The number of rotatable bonds is 7. The Balaban J connectivity index is 1.64. The molecule has 1 aliphatic heterocycles. The molecule has 0 spiro atoms. The standard InChI is InChI=1S/C27H26F2N4O5S/c1-15-25-18(27(34)30-13-19-20(28)5-4-6-21(19)29)12-22(16-7-8-23(37-2)24(11-16)38-3)31-26(25)33(32-15)17-9-10-39(35,36)14-17/h4-8,11-12,17H,9-10,13-14H2,1-3H3,(H,30,34). The zero-order valence-electron chi connectivity index (χ0n) is 21.5. The van der Waals surface area contributed by atoms with Crippen molar-refractivity contribution in [3.8, 4) is 22.8 Å². The van der Waals surface area contributed by atoms with Gasteiger partial charge in [0.1, 0.15) is 11.6 Å². The van der Waals surface area contributed by atoms with Crippen molar-refractivity contribution in [2.75, 3.05) is 25.7 Å². The minimum atomic E-state index is -3.23. The van der Waals surface area contributed by atoms with Crippen LogP contribution in [0.4, 0.5) is 8.78 Å². The normalized spacial score (nSPS) is 16.4. The molecule has 1 unspecified atom stereocenters. The van der Waals surface area contributed by atoms with Crippen molar-refractivity contribution in [1.82, 2.24) is 20.1 Å². The molecule has 2 aromatic heterocycles. The molecule has 1 saturated heterocycles. The van der Waals surface area contributed by atoms with E-state index in [0.717, 1.165) is 12.1 Å². The van der Waals surface area contributed by atoms with E-state index in [1.54, 1.807) is 35.9 Å². The topological polar surface area (TPSA) is 112 Å². The third-order valence-corrected chi connectivity index (χ3v) is 8.55. The quantitative estimate of drug-likeness (QED) is 0.366. The van der Waals surface area contributed by atoms with Gasteiger partial charge in [-0.15, -0.1) is 0 Å². The molecule has 1 amide bonds. The maximum Gasteiger partial charge on any atom is 0.252 e. The number of aryl methyl sites for hydroxylation is 1. The van der Waals surface area contributed by atoms with Crippen molar-refractivity contribution in [1.29, 1.82) is 0 Å². The Kier molecular flexibility index (Phi) is 6.98. The third-order valence-electron chi connectivity index (χ3n) is 6.80. The van der Waals surface area contributed by atoms with Crippen LogP contribution in [0, 0.1) is 18.6 Å². The third kappa shape index (κ3) is 5.03.